The second-order valence-electron chi connectivity index (χ2n) is 4.31. The molecule has 1 amide bonds. The number of carbonyl (C=O) groups is 1. The molecular weight excluding hydrogens is 224 g/mol. The van der Waals surface area contributed by atoms with E-state index in [1.807, 2.05) is 11.8 Å². The van der Waals surface area contributed by atoms with Crippen LogP contribution < -0.4 is 5.73 Å². The molecule has 1 aromatic carbocycles. The predicted molar refractivity (Wildman–Crippen MR) is 64.5 cm³/mol. The van der Waals surface area contributed by atoms with Crippen molar-refractivity contribution in [3.63, 3.8) is 0 Å². The molecule has 86 valence electrons. The third-order valence-electron chi connectivity index (χ3n) is 2.94. The lowest BCUT2D eigenvalue weighted by Gasteiger charge is -2.21. The van der Waals surface area contributed by atoms with E-state index in [1.54, 1.807) is 24.3 Å². The first-order valence-corrected chi connectivity index (χ1v) is 5.78. The van der Waals surface area contributed by atoms with Gasteiger partial charge in [0, 0.05) is 29.2 Å². The van der Waals surface area contributed by atoms with E-state index in [9.17, 15) is 4.79 Å². The van der Waals surface area contributed by atoms with Crippen molar-refractivity contribution >= 4 is 17.5 Å². The first-order chi connectivity index (χ1) is 7.58. The highest BCUT2D eigenvalue weighted by molar-refractivity contribution is 6.30. The van der Waals surface area contributed by atoms with Gasteiger partial charge in [-0.3, -0.25) is 4.79 Å². The monoisotopic (exact) mass is 238 g/mol. The molecule has 1 aliphatic heterocycles. The number of halogens is 1. The van der Waals surface area contributed by atoms with Crippen molar-refractivity contribution in [2.24, 2.45) is 5.73 Å². The molecule has 2 N–H and O–H groups in total. The molecule has 2 rings (SSSR count). The van der Waals surface area contributed by atoms with Crippen LogP contribution in [0, 0.1) is 0 Å². The summed E-state index contributed by atoms with van der Waals surface area (Å²) >= 11 is 5.87. The highest BCUT2D eigenvalue weighted by atomic mass is 35.5. The SMILES string of the molecule is CC1CC(N)CN1C(=O)c1cccc(Cl)c1. The van der Waals surface area contributed by atoms with Gasteiger partial charge in [-0.1, -0.05) is 17.7 Å². The van der Waals surface area contributed by atoms with E-state index in [1.165, 1.54) is 0 Å². The van der Waals surface area contributed by atoms with Crippen LogP contribution in [0.4, 0.5) is 0 Å². The normalized spacial score (nSPS) is 24.8. The predicted octanol–water partition coefficient (Wildman–Crippen LogP) is 1.90. The number of benzene rings is 1. The maximum Gasteiger partial charge on any atom is 0.254 e. The number of nitrogens with zero attached hydrogens (tertiary/aromatic N) is 1. The van der Waals surface area contributed by atoms with E-state index in [0.717, 1.165) is 6.42 Å². The third-order valence-corrected chi connectivity index (χ3v) is 3.17. The minimum absolute atomic E-state index is 0.0166. The van der Waals surface area contributed by atoms with Crippen LogP contribution in [0.3, 0.4) is 0 Å². The Morgan fingerprint density at radius 2 is 2.31 bits per heavy atom. The summed E-state index contributed by atoms with van der Waals surface area (Å²) in [5.74, 6) is 0.0166. The Morgan fingerprint density at radius 3 is 2.88 bits per heavy atom. The van der Waals surface area contributed by atoms with E-state index in [0.29, 0.717) is 17.1 Å². The van der Waals surface area contributed by atoms with Gasteiger partial charge in [-0.25, -0.2) is 0 Å². The summed E-state index contributed by atoms with van der Waals surface area (Å²) < 4.78 is 0. The summed E-state index contributed by atoms with van der Waals surface area (Å²) in [6, 6.07) is 7.33. The molecule has 0 saturated carbocycles. The quantitative estimate of drug-likeness (QED) is 0.812. The minimum Gasteiger partial charge on any atom is -0.334 e. The van der Waals surface area contributed by atoms with Gasteiger partial charge < -0.3 is 10.6 Å². The fourth-order valence-corrected chi connectivity index (χ4v) is 2.33. The Kier molecular flexibility index (Phi) is 3.17. The molecule has 1 heterocycles. The van der Waals surface area contributed by atoms with Crippen molar-refractivity contribution < 1.29 is 4.79 Å². The molecule has 2 unspecified atom stereocenters. The number of amides is 1. The van der Waals surface area contributed by atoms with Crippen LogP contribution in [0.1, 0.15) is 23.7 Å². The zero-order valence-electron chi connectivity index (χ0n) is 9.19. The molecule has 3 nitrogen and oxygen atoms in total. The Balaban J connectivity index is 2.19. The van der Waals surface area contributed by atoms with Crippen LogP contribution in [0.2, 0.25) is 5.02 Å². The summed E-state index contributed by atoms with van der Waals surface area (Å²) in [6.45, 7) is 2.65. The molecule has 0 spiro atoms. The number of hydrogen-bond donors (Lipinski definition) is 1. The van der Waals surface area contributed by atoms with Crippen molar-refractivity contribution in [3.8, 4) is 0 Å². The average Bonchev–Trinajstić information content (AvgIpc) is 2.57. The van der Waals surface area contributed by atoms with Crippen LogP contribution in [0.15, 0.2) is 24.3 Å². The highest BCUT2D eigenvalue weighted by Gasteiger charge is 2.30. The molecule has 1 aromatic rings. The Labute approximate surface area is 100 Å². The van der Waals surface area contributed by atoms with E-state index < -0.39 is 0 Å². The summed E-state index contributed by atoms with van der Waals surface area (Å²) in [7, 11) is 0. The summed E-state index contributed by atoms with van der Waals surface area (Å²) in [4.78, 5) is 14.0. The number of nitrogens with two attached hydrogens (primary N) is 1. The average molecular weight is 239 g/mol. The number of carbonyl (C=O) groups excluding carboxylic acids is 1. The van der Waals surface area contributed by atoms with Crippen molar-refractivity contribution in [3.05, 3.63) is 34.9 Å². The van der Waals surface area contributed by atoms with Gasteiger partial charge in [-0.05, 0) is 31.5 Å². The number of hydrogen-bond acceptors (Lipinski definition) is 2. The first kappa shape index (κ1) is 11.4. The molecule has 1 aliphatic rings. The Bertz CT molecular complexity index is 408. The second-order valence-corrected chi connectivity index (χ2v) is 4.75. The van der Waals surface area contributed by atoms with Crippen molar-refractivity contribution in [1.29, 1.82) is 0 Å². The molecule has 4 heteroatoms. The molecule has 1 fully saturated rings. The Hall–Kier alpha value is -1.06. The lowest BCUT2D eigenvalue weighted by molar-refractivity contribution is 0.0746. The maximum atomic E-state index is 12.2. The second kappa shape index (κ2) is 4.44. The maximum absolute atomic E-state index is 12.2. The topological polar surface area (TPSA) is 46.3 Å². The zero-order valence-corrected chi connectivity index (χ0v) is 9.95. The first-order valence-electron chi connectivity index (χ1n) is 5.40. The molecule has 1 saturated heterocycles. The van der Waals surface area contributed by atoms with Crippen LogP contribution in [-0.2, 0) is 0 Å². The minimum atomic E-state index is 0.0166. The van der Waals surface area contributed by atoms with Crippen LogP contribution in [0.5, 0.6) is 0 Å². The van der Waals surface area contributed by atoms with Crippen molar-refractivity contribution in [2.45, 2.75) is 25.4 Å². The number of rotatable bonds is 1. The van der Waals surface area contributed by atoms with Gasteiger partial charge >= 0.3 is 0 Å². The van der Waals surface area contributed by atoms with Gasteiger partial charge in [0.2, 0.25) is 0 Å². The molecule has 0 aliphatic carbocycles. The fraction of sp³-hybridized carbons (Fsp3) is 0.417. The lowest BCUT2D eigenvalue weighted by Crippen LogP contribution is -2.35. The fourth-order valence-electron chi connectivity index (χ4n) is 2.14. The molecule has 16 heavy (non-hydrogen) atoms. The summed E-state index contributed by atoms with van der Waals surface area (Å²) in [5, 5.41) is 0.585. The number of likely N-dealkylation sites (tertiary alicyclic amines) is 1. The van der Waals surface area contributed by atoms with Gasteiger partial charge in [0.25, 0.3) is 5.91 Å². The third kappa shape index (κ3) is 2.20. The largest absolute Gasteiger partial charge is 0.334 e. The van der Waals surface area contributed by atoms with E-state index in [-0.39, 0.29) is 18.0 Å². The van der Waals surface area contributed by atoms with Crippen LogP contribution in [0.25, 0.3) is 0 Å². The van der Waals surface area contributed by atoms with Gasteiger partial charge in [-0.15, -0.1) is 0 Å². The standard InChI is InChI=1S/C12H15ClN2O/c1-8-5-11(14)7-15(8)12(16)9-3-2-4-10(13)6-9/h2-4,6,8,11H,5,7,14H2,1H3. The lowest BCUT2D eigenvalue weighted by atomic mass is 10.2. The van der Waals surface area contributed by atoms with Gasteiger partial charge in [0.1, 0.15) is 0 Å². The highest BCUT2D eigenvalue weighted by Crippen LogP contribution is 2.20. The summed E-state index contributed by atoms with van der Waals surface area (Å²) in [6.07, 6.45) is 0.867. The van der Waals surface area contributed by atoms with Gasteiger partial charge in [0.05, 0.1) is 0 Å². The smallest absolute Gasteiger partial charge is 0.254 e. The van der Waals surface area contributed by atoms with Gasteiger partial charge in [0.15, 0.2) is 0 Å². The molecule has 0 radical (unpaired) electrons. The van der Waals surface area contributed by atoms with Crippen LogP contribution >= 0.6 is 11.6 Å². The van der Waals surface area contributed by atoms with Crippen molar-refractivity contribution in [2.75, 3.05) is 6.54 Å². The molecule has 0 aromatic heterocycles. The molecule has 0 bridgehead atoms. The van der Waals surface area contributed by atoms with Gasteiger partial charge in [-0.2, -0.15) is 0 Å². The Morgan fingerprint density at radius 1 is 1.56 bits per heavy atom. The summed E-state index contributed by atoms with van der Waals surface area (Å²) in [5.41, 5.74) is 6.47. The van der Waals surface area contributed by atoms with Crippen molar-refractivity contribution in [1.82, 2.24) is 4.90 Å². The van der Waals surface area contributed by atoms with Crippen LogP contribution in [-0.4, -0.2) is 29.4 Å². The van der Waals surface area contributed by atoms with E-state index >= 15 is 0 Å². The van der Waals surface area contributed by atoms with E-state index in [4.69, 9.17) is 17.3 Å². The molecular formula is C12H15ClN2O. The zero-order chi connectivity index (χ0) is 11.7. The van der Waals surface area contributed by atoms with E-state index in [2.05, 4.69) is 0 Å². The molecule has 2 atom stereocenters.